The van der Waals surface area contributed by atoms with E-state index in [0.29, 0.717) is 28.0 Å². The number of ether oxygens (including phenoxy) is 1. The monoisotopic (exact) mass is 572 g/mol. The average molecular weight is 574 g/mol. The first-order valence-corrected chi connectivity index (χ1v) is 13.6. The Balaban J connectivity index is 1.12. The van der Waals surface area contributed by atoms with Gasteiger partial charge >= 0.3 is 0 Å². The molecule has 0 unspecified atom stereocenters. The molecule has 5 rings (SSSR count). The molecule has 0 aliphatic rings. The molecule has 194 valence electrons. The van der Waals surface area contributed by atoms with Crippen LogP contribution < -0.4 is 15.5 Å². The Bertz CT molecular complexity index is 1590. The fourth-order valence-corrected chi connectivity index (χ4v) is 4.78. The highest BCUT2D eigenvalue weighted by Crippen LogP contribution is 2.27. The summed E-state index contributed by atoms with van der Waals surface area (Å²) in [5.74, 6) is 0.382. The van der Waals surface area contributed by atoms with Crippen LogP contribution in [0.1, 0.15) is 21.5 Å². The van der Waals surface area contributed by atoms with Crippen LogP contribution in [-0.4, -0.2) is 17.1 Å². The van der Waals surface area contributed by atoms with Crippen LogP contribution in [0, 0.1) is 0 Å². The summed E-state index contributed by atoms with van der Waals surface area (Å²) >= 11 is 13.6. The maximum absolute atomic E-state index is 12.5. The number of amides is 1. The third-order valence-corrected chi connectivity index (χ3v) is 6.99. The molecule has 0 bridgehead atoms. The number of aromatic nitrogens is 1. The number of para-hydroxylation sites is 1. The topological polar surface area (TPSA) is 75.6 Å². The Morgan fingerprint density at radius 1 is 0.949 bits per heavy atom. The summed E-state index contributed by atoms with van der Waals surface area (Å²) in [5.41, 5.74) is 7.46. The van der Waals surface area contributed by atoms with Crippen LogP contribution in [0.15, 0.2) is 108 Å². The van der Waals surface area contributed by atoms with Crippen molar-refractivity contribution < 1.29 is 9.53 Å². The van der Waals surface area contributed by atoms with Crippen molar-refractivity contribution in [1.82, 2.24) is 10.4 Å². The molecular weight excluding hydrogens is 551 g/mol. The largest absolute Gasteiger partial charge is 0.489 e. The third-order valence-electron chi connectivity index (χ3n) is 5.64. The number of carbonyl (C=O) groups is 1. The fraction of sp³-hybridized carbons (Fsp3) is 0.0333. The van der Waals surface area contributed by atoms with Crippen molar-refractivity contribution in [2.75, 3.05) is 5.32 Å². The smallest absolute Gasteiger partial charge is 0.271 e. The quantitative estimate of drug-likeness (QED) is 0.138. The molecule has 0 radical (unpaired) electrons. The second-order valence-corrected chi connectivity index (χ2v) is 10.1. The minimum absolute atomic E-state index is 0.303. The maximum Gasteiger partial charge on any atom is 0.271 e. The van der Waals surface area contributed by atoms with Crippen LogP contribution in [-0.2, 0) is 6.61 Å². The predicted molar refractivity (Wildman–Crippen MR) is 160 cm³/mol. The molecule has 0 aliphatic carbocycles. The highest BCUT2D eigenvalue weighted by atomic mass is 35.5. The van der Waals surface area contributed by atoms with E-state index in [1.54, 1.807) is 30.5 Å². The predicted octanol–water partition coefficient (Wildman–Crippen LogP) is 8.20. The van der Waals surface area contributed by atoms with E-state index in [9.17, 15) is 4.79 Å². The summed E-state index contributed by atoms with van der Waals surface area (Å²) in [5, 5.41) is 11.3. The van der Waals surface area contributed by atoms with Crippen LogP contribution in [0.25, 0.3) is 11.3 Å². The Hall–Kier alpha value is -4.17. The minimum Gasteiger partial charge on any atom is -0.489 e. The van der Waals surface area contributed by atoms with E-state index >= 15 is 0 Å². The number of nitrogens with one attached hydrogen (secondary N) is 2. The highest BCUT2D eigenvalue weighted by molar-refractivity contribution is 7.14. The number of thiazole rings is 1. The van der Waals surface area contributed by atoms with Gasteiger partial charge in [-0.1, -0.05) is 59.6 Å². The molecule has 6 nitrogen and oxygen atoms in total. The van der Waals surface area contributed by atoms with Gasteiger partial charge in [-0.25, -0.2) is 10.4 Å². The van der Waals surface area contributed by atoms with Crippen LogP contribution in [0.4, 0.5) is 10.8 Å². The van der Waals surface area contributed by atoms with Gasteiger partial charge in [0.05, 0.1) is 11.9 Å². The molecule has 0 saturated heterocycles. The molecule has 0 aliphatic heterocycles. The highest BCUT2D eigenvalue weighted by Gasteiger charge is 2.08. The molecule has 39 heavy (non-hydrogen) atoms. The van der Waals surface area contributed by atoms with Crippen molar-refractivity contribution in [2.24, 2.45) is 5.10 Å². The zero-order valence-corrected chi connectivity index (χ0v) is 22.8. The van der Waals surface area contributed by atoms with Gasteiger partial charge in [-0.3, -0.25) is 4.79 Å². The number of rotatable bonds is 9. The number of benzene rings is 4. The summed E-state index contributed by atoms with van der Waals surface area (Å²) in [6.45, 7) is 0.326. The van der Waals surface area contributed by atoms with Gasteiger partial charge in [0.25, 0.3) is 5.91 Å². The van der Waals surface area contributed by atoms with Gasteiger partial charge < -0.3 is 10.1 Å². The Kier molecular flexibility index (Phi) is 8.53. The lowest BCUT2D eigenvalue weighted by Crippen LogP contribution is -2.17. The normalized spacial score (nSPS) is 10.9. The molecular formula is C30H22Cl2N4O2S. The Morgan fingerprint density at radius 2 is 1.72 bits per heavy atom. The standard InChI is InChI=1S/C30H22Cl2N4O2S/c31-24-13-12-23(27(32)16-24)18-38-26-14-6-20(7-15-26)17-33-36-29(37)22-10-8-21(9-11-22)28-19-39-30(35-28)34-25-4-2-1-3-5-25/h1-17,19H,18H2,(H,34,35)(H,36,37)/b33-17-. The number of carbonyl (C=O) groups excluding carboxylic acids is 1. The molecule has 4 aromatic carbocycles. The van der Waals surface area contributed by atoms with Gasteiger partial charge in [-0.2, -0.15) is 5.10 Å². The van der Waals surface area contributed by atoms with Crippen molar-refractivity contribution in [3.63, 3.8) is 0 Å². The lowest BCUT2D eigenvalue weighted by Gasteiger charge is -2.08. The van der Waals surface area contributed by atoms with Gasteiger partial charge in [0, 0.05) is 37.8 Å². The van der Waals surface area contributed by atoms with Crippen molar-refractivity contribution in [3.8, 4) is 17.0 Å². The molecule has 0 fully saturated rings. The van der Waals surface area contributed by atoms with E-state index in [1.165, 1.54) is 11.3 Å². The zero-order valence-electron chi connectivity index (χ0n) is 20.5. The third kappa shape index (κ3) is 7.23. The van der Waals surface area contributed by atoms with Crippen LogP contribution >= 0.6 is 34.5 Å². The molecule has 1 amide bonds. The van der Waals surface area contributed by atoms with Crippen molar-refractivity contribution in [2.45, 2.75) is 6.61 Å². The summed E-state index contributed by atoms with van der Waals surface area (Å²) in [7, 11) is 0. The van der Waals surface area contributed by atoms with Gasteiger partial charge in [0.2, 0.25) is 0 Å². The summed E-state index contributed by atoms with van der Waals surface area (Å²) < 4.78 is 5.79. The van der Waals surface area contributed by atoms with E-state index in [-0.39, 0.29) is 5.91 Å². The van der Waals surface area contributed by atoms with E-state index in [0.717, 1.165) is 33.2 Å². The molecule has 5 aromatic rings. The molecule has 0 saturated carbocycles. The number of nitrogens with zero attached hydrogens (tertiary/aromatic N) is 2. The van der Waals surface area contributed by atoms with Gasteiger partial charge in [-0.15, -0.1) is 11.3 Å². The summed E-state index contributed by atoms with van der Waals surface area (Å²) in [6, 6.07) is 29.8. The number of anilines is 2. The number of halogens is 2. The van der Waals surface area contributed by atoms with E-state index in [2.05, 4.69) is 20.8 Å². The second-order valence-electron chi connectivity index (χ2n) is 8.40. The lowest BCUT2D eigenvalue weighted by atomic mass is 10.1. The summed E-state index contributed by atoms with van der Waals surface area (Å²) in [6.07, 6.45) is 1.57. The fourth-order valence-electron chi connectivity index (χ4n) is 3.58. The molecule has 0 spiro atoms. The molecule has 1 heterocycles. The van der Waals surface area contributed by atoms with Crippen molar-refractivity contribution in [3.05, 3.63) is 129 Å². The maximum atomic E-state index is 12.5. The number of hydrazone groups is 1. The average Bonchev–Trinajstić information content (AvgIpc) is 3.42. The minimum atomic E-state index is -0.303. The molecule has 2 N–H and O–H groups in total. The van der Waals surface area contributed by atoms with Gasteiger partial charge in [0.1, 0.15) is 12.4 Å². The van der Waals surface area contributed by atoms with Crippen molar-refractivity contribution in [1.29, 1.82) is 0 Å². The summed E-state index contributed by atoms with van der Waals surface area (Å²) in [4.78, 5) is 17.2. The first kappa shape index (κ1) is 26.4. The number of hydrogen-bond donors (Lipinski definition) is 2. The Morgan fingerprint density at radius 3 is 2.46 bits per heavy atom. The molecule has 9 heteroatoms. The Labute approximate surface area is 239 Å². The van der Waals surface area contributed by atoms with Gasteiger partial charge in [0.15, 0.2) is 5.13 Å². The first-order chi connectivity index (χ1) is 19.0. The van der Waals surface area contributed by atoms with E-state index < -0.39 is 0 Å². The lowest BCUT2D eigenvalue weighted by molar-refractivity contribution is 0.0955. The van der Waals surface area contributed by atoms with Crippen LogP contribution in [0.5, 0.6) is 5.75 Å². The van der Waals surface area contributed by atoms with Gasteiger partial charge in [-0.05, 0) is 66.2 Å². The zero-order chi connectivity index (χ0) is 27.0. The second kappa shape index (κ2) is 12.6. The van der Waals surface area contributed by atoms with Crippen LogP contribution in [0.3, 0.4) is 0 Å². The first-order valence-electron chi connectivity index (χ1n) is 11.9. The van der Waals surface area contributed by atoms with Crippen molar-refractivity contribution >= 4 is 57.5 Å². The number of hydrogen-bond acceptors (Lipinski definition) is 6. The molecule has 1 aromatic heterocycles. The molecule has 0 atom stereocenters. The van der Waals surface area contributed by atoms with E-state index in [4.69, 9.17) is 27.9 Å². The van der Waals surface area contributed by atoms with E-state index in [1.807, 2.05) is 78.2 Å². The SMILES string of the molecule is O=C(N/N=C\c1ccc(OCc2ccc(Cl)cc2Cl)cc1)c1ccc(-c2csc(Nc3ccccc3)n2)cc1. The van der Waals surface area contributed by atoms with Crippen LogP contribution in [0.2, 0.25) is 10.0 Å².